The third kappa shape index (κ3) is 8.20. The van der Waals surface area contributed by atoms with Gasteiger partial charge in [0, 0.05) is 36.3 Å². The zero-order valence-corrected chi connectivity index (χ0v) is 18.2. The van der Waals surface area contributed by atoms with Crippen molar-refractivity contribution in [1.29, 1.82) is 0 Å². The molecule has 0 aliphatic heterocycles. The maximum Gasteiger partial charge on any atom is 0.401 e. The van der Waals surface area contributed by atoms with E-state index in [0.717, 1.165) is 15.0 Å². The van der Waals surface area contributed by atoms with E-state index in [-0.39, 0.29) is 37.1 Å². The summed E-state index contributed by atoms with van der Waals surface area (Å²) < 4.78 is 38.0. The summed E-state index contributed by atoms with van der Waals surface area (Å²) in [5.74, 6) is 0.436. The number of thiophene rings is 1. The van der Waals surface area contributed by atoms with Gasteiger partial charge >= 0.3 is 6.18 Å². The lowest BCUT2D eigenvalue weighted by Gasteiger charge is -2.20. The van der Waals surface area contributed by atoms with E-state index in [4.69, 9.17) is 0 Å². The van der Waals surface area contributed by atoms with Crippen molar-refractivity contribution in [1.82, 2.24) is 15.5 Å². The average molecular weight is 516 g/mol. The molecule has 0 radical (unpaired) electrons. The van der Waals surface area contributed by atoms with Gasteiger partial charge in [-0.15, -0.1) is 35.3 Å². The number of guanidine groups is 1. The van der Waals surface area contributed by atoms with Gasteiger partial charge in [-0.05, 0) is 24.6 Å². The molecule has 0 aliphatic carbocycles. The molecular weight excluding hydrogens is 492 g/mol. The van der Waals surface area contributed by atoms with Gasteiger partial charge in [-0.3, -0.25) is 9.89 Å². The number of fused-ring (bicyclic) bond motifs is 1. The van der Waals surface area contributed by atoms with Gasteiger partial charge in [0.15, 0.2) is 5.96 Å². The van der Waals surface area contributed by atoms with Crippen LogP contribution in [0.2, 0.25) is 0 Å². The SMILES string of the molecule is CN=C(NCCN(C)CC(F)(F)F)NCC(O)c1cc2ccccc2s1.I. The molecule has 1 atom stereocenters. The Morgan fingerprint density at radius 3 is 2.63 bits per heavy atom. The van der Waals surface area contributed by atoms with E-state index in [1.807, 2.05) is 30.3 Å². The summed E-state index contributed by atoms with van der Waals surface area (Å²) >= 11 is 1.53. The fourth-order valence-electron chi connectivity index (χ4n) is 2.43. The average Bonchev–Trinajstić information content (AvgIpc) is 3.00. The van der Waals surface area contributed by atoms with Crippen molar-refractivity contribution in [3.8, 4) is 0 Å². The number of aliphatic hydroxyl groups is 1. The van der Waals surface area contributed by atoms with Crippen LogP contribution in [0.15, 0.2) is 35.3 Å². The fraction of sp³-hybridized carbons (Fsp3) is 0.471. The number of halogens is 4. The second-order valence-electron chi connectivity index (χ2n) is 5.94. The van der Waals surface area contributed by atoms with Gasteiger partial charge in [0.2, 0.25) is 0 Å². The lowest BCUT2D eigenvalue weighted by molar-refractivity contribution is -0.142. The zero-order valence-electron chi connectivity index (χ0n) is 15.1. The Kier molecular flexibility index (Phi) is 9.77. The molecule has 0 amide bonds. The Labute approximate surface area is 177 Å². The summed E-state index contributed by atoms with van der Waals surface area (Å²) in [6, 6.07) is 9.85. The molecule has 0 saturated heterocycles. The number of rotatable bonds is 7. The Hall–Kier alpha value is -1.11. The molecule has 1 heterocycles. The lowest BCUT2D eigenvalue weighted by Crippen LogP contribution is -2.43. The van der Waals surface area contributed by atoms with E-state index in [1.54, 1.807) is 7.05 Å². The number of hydrogen-bond acceptors (Lipinski definition) is 4. The van der Waals surface area contributed by atoms with Gasteiger partial charge < -0.3 is 15.7 Å². The predicted molar refractivity (Wildman–Crippen MR) is 115 cm³/mol. The Balaban J connectivity index is 0.00000364. The minimum absolute atomic E-state index is 0. The van der Waals surface area contributed by atoms with Crippen molar-refractivity contribution in [2.45, 2.75) is 12.3 Å². The first-order valence-electron chi connectivity index (χ1n) is 8.15. The molecule has 1 unspecified atom stereocenters. The standard InChI is InChI=1S/C17H23F3N4OS.HI/c1-21-16(22-7-8-24(2)11-17(18,19)20)23-10-13(25)15-9-12-5-3-4-6-14(12)26-15;/h3-6,9,13,25H,7-8,10-11H2,1-2H3,(H2,21,22,23);1H. The van der Waals surface area contributed by atoms with Crippen LogP contribution in [0, 0.1) is 0 Å². The molecule has 3 N–H and O–H groups in total. The van der Waals surface area contributed by atoms with Gasteiger partial charge in [0.25, 0.3) is 0 Å². The molecule has 152 valence electrons. The normalized spacial score (nSPS) is 13.5. The first-order chi connectivity index (χ1) is 12.3. The molecule has 1 aromatic heterocycles. The third-order valence-corrected chi connectivity index (χ3v) is 4.91. The maximum atomic E-state index is 12.3. The Morgan fingerprint density at radius 1 is 1.30 bits per heavy atom. The summed E-state index contributed by atoms with van der Waals surface area (Å²) in [7, 11) is 2.98. The molecule has 5 nitrogen and oxygen atoms in total. The van der Waals surface area contributed by atoms with Crippen molar-refractivity contribution in [3.05, 3.63) is 35.2 Å². The van der Waals surface area contributed by atoms with Crippen molar-refractivity contribution < 1.29 is 18.3 Å². The molecule has 0 aliphatic rings. The second kappa shape index (κ2) is 11.0. The number of hydrogen-bond donors (Lipinski definition) is 3. The highest BCUT2D eigenvalue weighted by Gasteiger charge is 2.28. The highest BCUT2D eigenvalue weighted by atomic mass is 127. The van der Waals surface area contributed by atoms with Crippen molar-refractivity contribution in [2.75, 3.05) is 40.3 Å². The molecule has 2 rings (SSSR count). The van der Waals surface area contributed by atoms with E-state index in [9.17, 15) is 18.3 Å². The summed E-state index contributed by atoms with van der Waals surface area (Å²) in [5, 5.41) is 17.4. The Bertz CT molecular complexity index is 705. The zero-order chi connectivity index (χ0) is 19.2. The van der Waals surface area contributed by atoms with Gasteiger partial charge in [-0.2, -0.15) is 13.2 Å². The smallest absolute Gasteiger partial charge is 0.386 e. The number of benzene rings is 1. The molecular formula is C17H24F3IN4OS. The molecule has 0 spiro atoms. The lowest BCUT2D eigenvalue weighted by atomic mass is 10.2. The van der Waals surface area contributed by atoms with Gasteiger partial charge in [0.05, 0.1) is 6.54 Å². The number of aliphatic hydroxyl groups excluding tert-OH is 1. The minimum Gasteiger partial charge on any atom is -0.386 e. The van der Waals surface area contributed by atoms with Crippen LogP contribution in [0.25, 0.3) is 10.1 Å². The van der Waals surface area contributed by atoms with Crippen LogP contribution < -0.4 is 10.6 Å². The van der Waals surface area contributed by atoms with Gasteiger partial charge in [-0.1, -0.05) is 18.2 Å². The summed E-state index contributed by atoms with van der Waals surface area (Å²) in [4.78, 5) is 6.05. The first kappa shape index (κ1) is 23.9. The molecule has 1 aromatic carbocycles. The van der Waals surface area contributed by atoms with Crippen LogP contribution in [0.5, 0.6) is 0 Å². The van der Waals surface area contributed by atoms with Gasteiger partial charge in [0.1, 0.15) is 6.10 Å². The van der Waals surface area contributed by atoms with Crippen molar-refractivity contribution in [3.63, 3.8) is 0 Å². The van der Waals surface area contributed by atoms with Crippen molar-refractivity contribution in [2.24, 2.45) is 4.99 Å². The molecule has 0 bridgehead atoms. The first-order valence-corrected chi connectivity index (χ1v) is 8.96. The van der Waals surface area contributed by atoms with E-state index in [1.165, 1.54) is 23.3 Å². The summed E-state index contributed by atoms with van der Waals surface area (Å²) in [6.45, 7) is -0.166. The third-order valence-electron chi connectivity index (χ3n) is 3.69. The van der Waals surface area contributed by atoms with Crippen LogP contribution in [0.4, 0.5) is 13.2 Å². The summed E-state index contributed by atoms with van der Waals surface area (Å²) in [6.07, 6.45) is -4.90. The van der Waals surface area contributed by atoms with E-state index < -0.39 is 18.8 Å². The van der Waals surface area contributed by atoms with Crippen LogP contribution >= 0.6 is 35.3 Å². The highest BCUT2D eigenvalue weighted by Crippen LogP contribution is 2.29. The molecule has 10 heteroatoms. The largest absolute Gasteiger partial charge is 0.401 e. The number of nitrogens with zero attached hydrogens (tertiary/aromatic N) is 2. The van der Waals surface area contributed by atoms with Crippen LogP contribution in [0.1, 0.15) is 11.0 Å². The summed E-state index contributed by atoms with van der Waals surface area (Å²) in [5.41, 5.74) is 0. The van der Waals surface area contributed by atoms with Gasteiger partial charge in [-0.25, -0.2) is 0 Å². The predicted octanol–water partition coefficient (Wildman–Crippen LogP) is 3.21. The quantitative estimate of drug-likeness (QED) is 0.301. The molecule has 27 heavy (non-hydrogen) atoms. The van der Waals surface area contributed by atoms with E-state index in [0.29, 0.717) is 12.5 Å². The maximum absolute atomic E-state index is 12.3. The second-order valence-corrected chi connectivity index (χ2v) is 7.05. The highest BCUT2D eigenvalue weighted by molar-refractivity contribution is 14.0. The number of aliphatic imine (C=N–C) groups is 1. The van der Waals surface area contributed by atoms with Crippen LogP contribution in [-0.2, 0) is 0 Å². The van der Waals surface area contributed by atoms with Crippen molar-refractivity contribution >= 4 is 51.4 Å². The van der Waals surface area contributed by atoms with E-state index in [2.05, 4.69) is 15.6 Å². The number of nitrogens with one attached hydrogen (secondary N) is 2. The molecule has 0 fully saturated rings. The number of likely N-dealkylation sites (N-methyl/N-ethyl adjacent to an activating group) is 1. The molecule has 0 saturated carbocycles. The number of alkyl halides is 3. The topological polar surface area (TPSA) is 59.9 Å². The Morgan fingerprint density at radius 2 is 2.00 bits per heavy atom. The monoisotopic (exact) mass is 516 g/mol. The van der Waals surface area contributed by atoms with Crippen LogP contribution in [0.3, 0.4) is 0 Å². The molecule has 2 aromatic rings. The van der Waals surface area contributed by atoms with Crippen LogP contribution in [-0.4, -0.2) is 62.4 Å². The fourth-order valence-corrected chi connectivity index (χ4v) is 3.48. The van der Waals surface area contributed by atoms with E-state index >= 15 is 0 Å². The minimum atomic E-state index is -4.21.